The van der Waals surface area contributed by atoms with Gasteiger partial charge >= 0.3 is 0 Å². The van der Waals surface area contributed by atoms with Crippen LogP contribution in [0.5, 0.6) is 0 Å². The standard InChI is InChI=1S/C14H19NS/c1-3-4-11(2)10-15-13-5-6-14-12(9-13)7-8-16-14/h5-9,11,15H,3-4,10H2,1-2H3. The molecule has 0 aliphatic carbocycles. The van der Waals surface area contributed by atoms with Crippen molar-refractivity contribution in [1.82, 2.24) is 0 Å². The Morgan fingerprint density at radius 3 is 3.00 bits per heavy atom. The summed E-state index contributed by atoms with van der Waals surface area (Å²) in [6.45, 7) is 5.62. The van der Waals surface area contributed by atoms with E-state index >= 15 is 0 Å². The molecule has 86 valence electrons. The van der Waals surface area contributed by atoms with Gasteiger partial charge in [-0.15, -0.1) is 11.3 Å². The van der Waals surface area contributed by atoms with Gasteiger partial charge in [-0.3, -0.25) is 0 Å². The van der Waals surface area contributed by atoms with Gasteiger partial charge in [-0.25, -0.2) is 0 Å². The van der Waals surface area contributed by atoms with Gasteiger partial charge in [0.05, 0.1) is 0 Å². The van der Waals surface area contributed by atoms with E-state index in [-0.39, 0.29) is 0 Å². The molecule has 1 unspecified atom stereocenters. The Morgan fingerprint density at radius 1 is 1.31 bits per heavy atom. The monoisotopic (exact) mass is 233 g/mol. The van der Waals surface area contributed by atoms with Crippen LogP contribution in [0.25, 0.3) is 10.1 Å². The van der Waals surface area contributed by atoms with Crippen molar-refractivity contribution in [1.29, 1.82) is 0 Å². The molecule has 1 aromatic carbocycles. The molecule has 1 aromatic heterocycles. The van der Waals surface area contributed by atoms with Crippen molar-refractivity contribution in [3.05, 3.63) is 29.6 Å². The fourth-order valence-electron chi connectivity index (χ4n) is 1.96. The average Bonchev–Trinajstić information content (AvgIpc) is 2.74. The second-order valence-electron chi connectivity index (χ2n) is 4.45. The van der Waals surface area contributed by atoms with Gasteiger partial charge in [0.1, 0.15) is 0 Å². The Hall–Kier alpha value is -1.02. The zero-order valence-electron chi connectivity index (χ0n) is 9.99. The zero-order valence-corrected chi connectivity index (χ0v) is 10.8. The number of benzene rings is 1. The number of hydrogen-bond donors (Lipinski definition) is 1. The highest BCUT2D eigenvalue weighted by molar-refractivity contribution is 7.17. The highest BCUT2D eigenvalue weighted by atomic mass is 32.1. The Balaban J connectivity index is 1.98. The molecule has 1 atom stereocenters. The molecule has 0 saturated carbocycles. The highest BCUT2D eigenvalue weighted by Gasteiger charge is 2.01. The van der Waals surface area contributed by atoms with Gasteiger partial charge in [-0.1, -0.05) is 20.3 Å². The first-order valence-corrected chi connectivity index (χ1v) is 6.88. The smallest absolute Gasteiger partial charge is 0.0347 e. The van der Waals surface area contributed by atoms with E-state index in [4.69, 9.17) is 0 Å². The van der Waals surface area contributed by atoms with Gasteiger partial charge in [-0.05, 0) is 47.4 Å². The second kappa shape index (κ2) is 5.35. The molecule has 2 heteroatoms. The molecule has 0 aliphatic rings. The van der Waals surface area contributed by atoms with Gasteiger partial charge in [0.2, 0.25) is 0 Å². The summed E-state index contributed by atoms with van der Waals surface area (Å²) >= 11 is 1.80. The molecule has 0 radical (unpaired) electrons. The fourth-order valence-corrected chi connectivity index (χ4v) is 2.73. The van der Waals surface area contributed by atoms with Gasteiger partial charge in [0.25, 0.3) is 0 Å². The summed E-state index contributed by atoms with van der Waals surface area (Å²) in [6.07, 6.45) is 2.57. The van der Waals surface area contributed by atoms with Crippen LogP contribution in [0, 0.1) is 5.92 Å². The summed E-state index contributed by atoms with van der Waals surface area (Å²) in [5.41, 5.74) is 1.24. The van der Waals surface area contributed by atoms with Crippen LogP contribution in [0.2, 0.25) is 0 Å². The minimum Gasteiger partial charge on any atom is -0.385 e. The van der Waals surface area contributed by atoms with E-state index in [1.807, 2.05) is 0 Å². The molecule has 1 nitrogen and oxygen atoms in total. The lowest BCUT2D eigenvalue weighted by Gasteiger charge is -2.12. The number of thiophene rings is 1. The van der Waals surface area contributed by atoms with Crippen molar-refractivity contribution in [2.75, 3.05) is 11.9 Å². The summed E-state index contributed by atoms with van der Waals surface area (Å²) in [7, 11) is 0. The molecule has 0 spiro atoms. The lowest BCUT2D eigenvalue weighted by molar-refractivity contribution is 0.551. The molecule has 2 rings (SSSR count). The Bertz CT molecular complexity index is 447. The molecule has 1 N–H and O–H groups in total. The second-order valence-corrected chi connectivity index (χ2v) is 5.40. The third-order valence-corrected chi connectivity index (χ3v) is 3.79. The molecule has 0 aliphatic heterocycles. The number of nitrogens with one attached hydrogen (secondary N) is 1. The molecule has 0 bridgehead atoms. The quantitative estimate of drug-likeness (QED) is 0.786. The largest absolute Gasteiger partial charge is 0.385 e. The van der Waals surface area contributed by atoms with Crippen LogP contribution in [-0.4, -0.2) is 6.54 Å². The Labute approximate surface area is 101 Å². The first kappa shape index (κ1) is 11.5. The zero-order chi connectivity index (χ0) is 11.4. The van der Waals surface area contributed by atoms with E-state index in [1.165, 1.54) is 28.6 Å². The predicted octanol–water partition coefficient (Wildman–Crippen LogP) is 4.75. The minimum absolute atomic E-state index is 0.753. The van der Waals surface area contributed by atoms with Gasteiger partial charge in [0, 0.05) is 16.9 Å². The Morgan fingerprint density at radius 2 is 2.19 bits per heavy atom. The first-order valence-electron chi connectivity index (χ1n) is 6.00. The SMILES string of the molecule is CCCC(C)CNc1ccc2sccc2c1. The molecule has 0 fully saturated rings. The first-order chi connectivity index (χ1) is 7.79. The van der Waals surface area contributed by atoms with Crippen LogP contribution in [0.15, 0.2) is 29.6 Å². The summed E-state index contributed by atoms with van der Waals surface area (Å²) in [5.74, 6) is 0.753. The number of hydrogen-bond acceptors (Lipinski definition) is 2. The van der Waals surface area contributed by atoms with E-state index in [9.17, 15) is 0 Å². The maximum Gasteiger partial charge on any atom is 0.0347 e. The van der Waals surface area contributed by atoms with E-state index in [0.717, 1.165) is 12.5 Å². The van der Waals surface area contributed by atoms with Crippen LogP contribution >= 0.6 is 11.3 Å². The van der Waals surface area contributed by atoms with Gasteiger partial charge in [-0.2, -0.15) is 0 Å². The van der Waals surface area contributed by atoms with Crippen LogP contribution in [0.1, 0.15) is 26.7 Å². The van der Waals surface area contributed by atoms with Crippen LogP contribution in [0.4, 0.5) is 5.69 Å². The van der Waals surface area contributed by atoms with Crippen molar-refractivity contribution in [3.63, 3.8) is 0 Å². The number of rotatable bonds is 5. The van der Waals surface area contributed by atoms with Crippen molar-refractivity contribution < 1.29 is 0 Å². The lowest BCUT2D eigenvalue weighted by Crippen LogP contribution is -2.10. The van der Waals surface area contributed by atoms with Crippen LogP contribution in [-0.2, 0) is 0 Å². The third kappa shape index (κ3) is 2.76. The normalized spacial score (nSPS) is 12.9. The molecule has 1 heterocycles. The number of anilines is 1. The maximum atomic E-state index is 3.52. The summed E-state index contributed by atoms with van der Waals surface area (Å²) in [4.78, 5) is 0. The lowest BCUT2D eigenvalue weighted by atomic mass is 10.1. The Kier molecular flexibility index (Phi) is 3.83. The highest BCUT2D eigenvalue weighted by Crippen LogP contribution is 2.24. The van der Waals surface area contributed by atoms with E-state index in [1.54, 1.807) is 11.3 Å². The van der Waals surface area contributed by atoms with Crippen LogP contribution in [0.3, 0.4) is 0 Å². The summed E-state index contributed by atoms with van der Waals surface area (Å²) in [6, 6.07) is 8.80. The minimum atomic E-state index is 0.753. The fraction of sp³-hybridized carbons (Fsp3) is 0.429. The molecule has 0 amide bonds. The van der Waals surface area contributed by atoms with Crippen molar-refractivity contribution in [2.45, 2.75) is 26.7 Å². The van der Waals surface area contributed by atoms with E-state index in [2.05, 4.69) is 48.8 Å². The van der Waals surface area contributed by atoms with Gasteiger partial charge in [0.15, 0.2) is 0 Å². The van der Waals surface area contributed by atoms with Crippen LogP contribution < -0.4 is 5.32 Å². The maximum absolute atomic E-state index is 3.52. The van der Waals surface area contributed by atoms with E-state index < -0.39 is 0 Å². The predicted molar refractivity (Wildman–Crippen MR) is 74.4 cm³/mol. The molecule has 2 aromatic rings. The average molecular weight is 233 g/mol. The topological polar surface area (TPSA) is 12.0 Å². The summed E-state index contributed by atoms with van der Waals surface area (Å²) in [5, 5.41) is 7.01. The van der Waals surface area contributed by atoms with Crippen molar-refractivity contribution >= 4 is 27.1 Å². The third-order valence-electron chi connectivity index (χ3n) is 2.89. The molecule has 0 saturated heterocycles. The van der Waals surface area contributed by atoms with Crippen molar-refractivity contribution in [3.8, 4) is 0 Å². The summed E-state index contributed by atoms with van der Waals surface area (Å²) < 4.78 is 1.37. The van der Waals surface area contributed by atoms with E-state index in [0.29, 0.717) is 0 Å². The van der Waals surface area contributed by atoms with Gasteiger partial charge < -0.3 is 5.32 Å². The number of fused-ring (bicyclic) bond motifs is 1. The molecule has 16 heavy (non-hydrogen) atoms. The van der Waals surface area contributed by atoms with Crippen molar-refractivity contribution in [2.24, 2.45) is 5.92 Å². The molecular formula is C14H19NS. The molecular weight excluding hydrogens is 214 g/mol.